The van der Waals surface area contributed by atoms with E-state index in [1.165, 1.54) is 22.2 Å². The molecule has 0 saturated carbocycles. The minimum Gasteiger partial charge on any atom is -0.330 e. The number of amides is 2. The summed E-state index contributed by atoms with van der Waals surface area (Å²) >= 11 is 3.30. The first-order valence-electron chi connectivity index (χ1n) is 9.65. The molecule has 5 rings (SSSR count). The number of hydrogen-bond donors (Lipinski definition) is 0. The van der Waals surface area contributed by atoms with Crippen molar-refractivity contribution in [1.29, 1.82) is 0 Å². The van der Waals surface area contributed by atoms with Gasteiger partial charge in [-0.25, -0.2) is 0 Å². The molecule has 29 heavy (non-hydrogen) atoms. The average molecular weight is 421 g/mol. The van der Waals surface area contributed by atoms with Gasteiger partial charge < -0.3 is 9.80 Å². The molecule has 0 bridgehead atoms. The number of rotatable bonds is 3. The lowest BCUT2D eigenvalue weighted by Gasteiger charge is -2.38. The third-order valence-corrected chi connectivity index (χ3v) is 7.55. The summed E-state index contributed by atoms with van der Waals surface area (Å²) in [7, 11) is 0. The Labute approximate surface area is 178 Å². The fourth-order valence-electron chi connectivity index (χ4n) is 4.13. The van der Waals surface area contributed by atoms with E-state index in [1.54, 1.807) is 16.2 Å². The van der Waals surface area contributed by atoms with E-state index in [0.29, 0.717) is 12.3 Å². The molecule has 1 aromatic heterocycles. The molecule has 2 amide bonds. The van der Waals surface area contributed by atoms with Gasteiger partial charge in [0.15, 0.2) is 0 Å². The number of thioether (sulfide) groups is 1. The maximum atomic E-state index is 13.5. The van der Waals surface area contributed by atoms with Crippen molar-refractivity contribution in [2.75, 3.05) is 23.7 Å². The molecule has 0 N–H and O–H groups in total. The second-order valence-electron chi connectivity index (χ2n) is 7.19. The largest absolute Gasteiger partial charge is 0.330 e. The number of carbonyl (C=O) groups is 2. The van der Waals surface area contributed by atoms with Crippen LogP contribution in [0.25, 0.3) is 0 Å². The summed E-state index contributed by atoms with van der Waals surface area (Å²) in [5, 5.41) is 2.11. The third kappa shape index (κ3) is 3.36. The number of nitrogens with zero attached hydrogens (tertiary/aromatic N) is 2. The van der Waals surface area contributed by atoms with E-state index in [-0.39, 0.29) is 24.4 Å². The fourth-order valence-corrected chi connectivity index (χ4v) is 5.97. The summed E-state index contributed by atoms with van der Waals surface area (Å²) in [6.45, 7) is 0.754. The zero-order chi connectivity index (χ0) is 19.8. The van der Waals surface area contributed by atoms with Gasteiger partial charge in [0, 0.05) is 16.3 Å². The predicted molar refractivity (Wildman–Crippen MR) is 118 cm³/mol. The molecule has 6 heteroatoms. The van der Waals surface area contributed by atoms with Gasteiger partial charge >= 0.3 is 0 Å². The summed E-state index contributed by atoms with van der Waals surface area (Å²) in [4.78, 5) is 32.1. The van der Waals surface area contributed by atoms with Crippen LogP contribution in [0.2, 0.25) is 0 Å². The summed E-state index contributed by atoms with van der Waals surface area (Å²) in [6, 6.07) is 20.0. The Balaban J connectivity index is 1.47. The SMILES string of the molecule is O=C1CSc2ccccc2N1CC(=O)N1CCc2sccc2[C@@H]1c1ccccc1. The zero-order valence-electron chi connectivity index (χ0n) is 15.8. The summed E-state index contributed by atoms with van der Waals surface area (Å²) in [6.07, 6.45) is 0.864. The number of para-hydroxylation sites is 1. The molecule has 0 fully saturated rings. The molecule has 146 valence electrons. The Morgan fingerprint density at radius 1 is 1.03 bits per heavy atom. The van der Waals surface area contributed by atoms with Crippen LogP contribution >= 0.6 is 23.1 Å². The van der Waals surface area contributed by atoms with Crippen molar-refractivity contribution in [3.8, 4) is 0 Å². The van der Waals surface area contributed by atoms with Gasteiger partial charge in [0.2, 0.25) is 11.8 Å². The second kappa shape index (κ2) is 7.69. The first-order chi connectivity index (χ1) is 14.2. The monoisotopic (exact) mass is 420 g/mol. The molecule has 3 heterocycles. The minimum absolute atomic E-state index is 0.00783. The molecule has 1 atom stereocenters. The van der Waals surface area contributed by atoms with Crippen LogP contribution in [0, 0.1) is 0 Å². The van der Waals surface area contributed by atoms with Gasteiger partial charge in [0.25, 0.3) is 0 Å². The van der Waals surface area contributed by atoms with Crippen LogP contribution in [0.5, 0.6) is 0 Å². The van der Waals surface area contributed by atoms with Crippen molar-refractivity contribution in [1.82, 2.24) is 4.90 Å². The summed E-state index contributed by atoms with van der Waals surface area (Å²) in [5.41, 5.74) is 3.16. The van der Waals surface area contributed by atoms with Gasteiger partial charge in [-0.1, -0.05) is 42.5 Å². The summed E-state index contributed by atoms with van der Waals surface area (Å²) in [5.74, 6) is 0.360. The van der Waals surface area contributed by atoms with Gasteiger partial charge in [0.05, 0.1) is 17.5 Å². The van der Waals surface area contributed by atoms with E-state index in [4.69, 9.17) is 0 Å². The van der Waals surface area contributed by atoms with E-state index < -0.39 is 0 Å². The van der Waals surface area contributed by atoms with Gasteiger partial charge in [-0.05, 0) is 41.1 Å². The van der Waals surface area contributed by atoms with Gasteiger partial charge in [-0.3, -0.25) is 9.59 Å². The van der Waals surface area contributed by atoms with Crippen molar-refractivity contribution in [3.05, 3.63) is 82.0 Å². The molecule has 4 nitrogen and oxygen atoms in total. The van der Waals surface area contributed by atoms with Crippen molar-refractivity contribution < 1.29 is 9.59 Å². The average Bonchev–Trinajstić information content (AvgIpc) is 3.24. The molecule has 2 aromatic carbocycles. The normalized spacial score (nSPS) is 18.3. The summed E-state index contributed by atoms with van der Waals surface area (Å²) < 4.78 is 0. The van der Waals surface area contributed by atoms with Crippen LogP contribution in [-0.2, 0) is 16.0 Å². The van der Waals surface area contributed by atoms with Crippen molar-refractivity contribution in [2.24, 2.45) is 0 Å². The standard InChI is InChI=1S/C23H20N2O2S2/c26-21(14-25-18-8-4-5-9-20(18)29-15-22(25)27)24-12-10-19-17(11-13-28-19)23(24)16-6-2-1-3-7-16/h1-9,11,13,23H,10,12,14-15H2/t23-/m0/s1. The van der Waals surface area contributed by atoms with Crippen LogP contribution in [0.4, 0.5) is 5.69 Å². The molecular weight excluding hydrogens is 400 g/mol. The first-order valence-corrected chi connectivity index (χ1v) is 11.5. The third-order valence-electron chi connectivity index (χ3n) is 5.50. The van der Waals surface area contributed by atoms with E-state index in [2.05, 4.69) is 23.6 Å². The number of carbonyl (C=O) groups excluding carboxylic acids is 2. The van der Waals surface area contributed by atoms with Crippen LogP contribution in [0.15, 0.2) is 70.9 Å². The van der Waals surface area contributed by atoms with E-state index in [1.807, 2.05) is 47.4 Å². The highest BCUT2D eigenvalue weighted by Crippen LogP contribution is 2.39. The minimum atomic E-state index is -0.0942. The molecule has 0 spiro atoms. The van der Waals surface area contributed by atoms with E-state index in [9.17, 15) is 9.59 Å². The highest BCUT2D eigenvalue weighted by Gasteiger charge is 2.35. The highest BCUT2D eigenvalue weighted by atomic mass is 32.2. The van der Waals surface area contributed by atoms with Crippen LogP contribution < -0.4 is 4.90 Å². The maximum Gasteiger partial charge on any atom is 0.243 e. The number of fused-ring (bicyclic) bond motifs is 2. The Kier molecular flexibility index (Phi) is 4.89. The van der Waals surface area contributed by atoms with E-state index >= 15 is 0 Å². The lowest BCUT2D eigenvalue weighted by Crippen LogP contribution is -2.48. The molecule has 0 unspecified atom stereocenters. The topological polar surface area (TPSA) is 40.6 Å². The molecule has 0 saturated heterocycles. The maximum absolute atomic E-state index is 13.5. The van der Waals surface area contributed by atoms with Gasteiger partial charge in [-0.2, -0.15) is 0 Å². The van der Waals surface area contributed by atoms with Gasteiger partial charge in [-0.15, -0.1) is 23.1 Å². The van der Waals surface area contributed by atoms with E-state index in [0.717, 1.165) is 22.6 Å². The molecule has 3 aromatic rings. The molecule has 0 radical (unpaired) electrons. The smallest absolute Gasteiger partial charge is 0.243 e. The lowest BCUT2D eigenvalue weighted by molar-refractivity contribution is -0.133. The van der Waals surface area contributed by atoms with Crippen LogP contribution in [0.3, 0.4) is 0 Å². The Bertz CT molecular complexity index is 1060. The number of benzene rings is 2. The second-order valence-corrected chi connectivity index (χ2v) is 9.20. The number of hydrogen-bond acceptors (Lipinski definition) is 4. The van der Waals surface area contributed by atoms with Crippen molar-refractivity contribution in [2.45, 2.75) is 17.4 Å². The zero-order valence-corrected chi connectivity index (χ0v) is 17.4. The highest BCUT2D eigenvalue weighted by molar-refractivity contribution is 8.00. The molecule has 2 aliphatic rings. The Hall–Kier alpha value is -2.57. The molecule has 0 aliphatic carbocycles. The van der Waals surface area contributed by atoms with Gasteiger partial charge in [0.1, 0.15) is 6.54 Å². The number of anilines is 1. The fraction of sp³-hybridized carbons (Fsp3) is 0.217. The molecular formula is C23H20N2O2S2. The predicted octanol–water partition coefficient (Wildman–Crippen LogP) is 4.36. The molecule has 2 aliphatic heterocycles. The van der Waals surface area contributed by atoms with Crippen molar-refractivity contribution >= 4 is 40.6 Å². The number of thiophene rings is 1. The van der Waals surface area contributed by atoms with Crippen molar-refractivity contribution in [3.63, 3.8) is 0 Å². The van der Waals surface area contributed by atoms with Crippen LogP contribution in [0.1, 0.15) is 22.0 Å². The Morgan fingerprint density at radius 2 is 1.83 bits per heavy atom. The first kappa shape index (κ1) is 18.5. The Morgan fingerprint density at radius 3 is 2.69 bits per heavy atom. The van der Waals surface area contributed by atoms with Crippen LogP contribution in [-0.4, -0.2) is 35.6 Å². The lowest BCUT2D eigenvalue weighted by atomic mass is 9.93. The quantitative estimate of drug-likeness (QED) is 0.632.